The Balaban J connectivity index is 0.000000490. The van der Waals surface area contributed by atoms with E-state index in [1.54, 1.807) is 7.11 Å². The maximum atomic E-state index is 4.99. The maximum Gasteiger partial charge on any atom is 1.00 e. The third-order valence-electron chi connectivity index (χ3n) is 1.18. The second-order valence-electron chi connectivity index (χ2n) is 1.68. The van der Waals surface area contributed by atoms with Crippen LogP contribution in [0.5, 0.6) is 0 Å². The molecule has 0 radical (unpaired) electrons. The van der Waals surface area contributed by atoms with Crippen LogP contribution in [-0.2, 0) is 4.74 Å². The van der Waals surface area contributed by atoms with E-state index >= 15 is 0 Å². The van der Waals surface area contributed by atoms with Crippen LogP contribution >= 0.6 is 0 Å². The Kier molecular flexibility index (Phi) is 4.36. The fourth-order valence-electron chi connectivity index (χ4n) is 0.710. The molecule has 0 fully saturated rings. The molecule has 1 aliphatic carbocycles. The molecule has 0 amide bonds. The molecular weight excluding hydrogens is 95.0 g/mol. The van der Waals surface area contributed by atoms with Crippen LogP contribution in [0.2, 0.25) is 0 Å². The molecule has 1 rings (SSSR count). The van der Waals surface area contributed by atoms with Gasteiger partial charge in [-0.15, -0.1) is 0 Å². The molecule has 0 saturated heterocycles. The maximum absolute atomic E-state index is 4.99. The van der Waals surface area contributed by atoms with Gasteiger partial charge in [0.1, 0.15) is 0 Å². The fraction of sp³-hybridized carbons (Fsp3) is 0.667. The zero-order valence-corrected chi connectivity index (χ0v) is 5.48. The summed E-state index contributed by atoms with van der Waals surface area (Å²) in [6, 6.07) is 0. The summed E-state index contributed by atoms with van der Waals surface area (Å²) in [6.45, 7) is 0. The molecule has 0 aromatic carbocycles. The number of allylic oxidation sites excluding steroid dienone is 1. The van der Waals surface area contributed by atoms with E-state index in [2.05, 4.69) is 6.08 Å². The van der Waals surface area contributed by atoms with Crippen LogP contribution in [0.15, 0.2) is 6.08 Å². The van der Waals surface area contributed by atoms with Crippen LogP contribution in [0.25, 0.3) is 0 Å². The largest absolute Gasteiger partial charge is 1.00 e. The van der Waals surface area contributed by atoms with Gasteiger partial charge in [0.15, 0.2) is 0 Å². The minimum absolute atomic E-state index is 0. The number of methoxy groups -OCH3 is 1. The summed E-state index contributed by atoms with van der Waals surface area (Å²) in [5.41, 5.74) is 0. The van der Waals surface area contributed by atoms with Crippen molar-refractivity contribution >= 4 is 0 Å². The summed E-state index contributed by atoms with van der Waals surface area (Å²) in [5, 5.41) is 0. The van der Waals surface area contributed by atoms with Crippen molar-refractivity contribution in [3.05, 3.63) is 12.2 Å². The van der Waals surface area contributed by atoms with E-state index in [9.17, 15) is 0 Å². The van der Waals surface area contributed by atoms with Gasteiger partial charge in [0, 0.05) is 13.2 Å². The normalized spacial score (nSPS) is 25.4. The molecule has 1 atom stereocenters. The first-order valence-corrected chi connectivity index (χ1v) is 2.53. The fourth-order valence-corrected chi connectivity index (χ4v) is 0.710. The van der Waals surface area contributed by atoms with Crippen LogP contribution in [0.4, 0.5) is 0 Å². The van der Waals surface area contributed by atoms with Gasteiger partial charge in [0.05, 0.1) is 0 Å². The van der Waals surface area contributed by atoms with Crippen molar-refractivity contribution < 1.29 is 23.6 Å². The summed E-state index contributed by atoms with van der Waals surface area (Å²) < 4.78 is 4.99. The van der Waals surface area contributed by atoms with Crippen molar-refractivity contribution in [2.24, 2.45) is 0 Å². The Morgan fingerprint density at radius 1 is 1.75 bits per heavy atom. The molecule has 0 aromatic heterocycles. The number of rotatable bonds is 1. The molecule has 1 nitrogen and oxygen atoms in total. The minimum atomic E-state index is 0. The first kappa shape index (κ1) is 8.30. The summed E-state index contributed by atoms with van der Waals surface area (Å²) in [4.78, 5) is 0. The van der Waals surface area contributed by atoms with Crippen LogP contribution in [-0.4, -0.2) is 13.2 Å². The van der Waals surface area contributed by atoms with Crippen LogP contribution < -0.4 is 18.9 Å². The van der Waals surface area contributed by atoms with E-state index in [4.69, 9.17) is 4.74 Å². The van der Waals surface area contributed by atoms with Gasteiger partial charge in [0.25, 0.3) is 0 Å². The van der Waals surface area contributed by atoms with E-state index in [0.717, 1.165) is 12.8 Å². The monoisotopic (exact) mass is 104 g/mol. The molecule has 8 heavy (non-hydrogen) atoms. The average molecular weight is 104 g/mol. The minimum Gasteiger partial charge on any atom is -0.498 e. The molecule has 0 saturated carbocycles. The van der Waals surface area contributed by atoms with Gasteiger partial charge in [-0.3, -0.25) is 0 Å². The second kappa shape index (κ2) is 4.20. The number of ether oxygens (including phenoxy) is 1. The SMILES string of the molecule is COC1C=[C-]CC1.[Li+]. The Hall–Kier alpha value is 0.297. The molecular formula is C6H9LiO. The van der Waals surface area contributed by atoms with Crippen LogP contribution in [0.3, 0.4) is 0 Å². The Labute approximate surface area is 62.3 Å². The summed E-state index contributed by atoms with van der Waals surface area (Å²) in [7, 11) is 1.73. The van der Waals surface area contributed by atoms with Crippen molar-refractivity contribution in [3.63, 3.8) is 0 Å². The van der Waals surface area contributed by atoms with Gasteiger partial charge in [-0.05, 0) is 0 Å². The zero-order valence-electron chi connectivity index (χ0n) is 5.48. The summed E-state index contributed by atoms with van der Waals surface area (Å²) >= 11 is 0. The van der Waals surface area contributed by atoms with Crippen molar-refractivity contribution in [1.29, 1.82) is 0 Å². The first-order chi connectivity index (χ1) is 3.43. The molecule has 0 N–H and O–H groups in total. The molecule has 0 bridgehead atoms. The van der Waals surface area contributed by atoms with Crippen molar-refractivity contribution in [3.8, 4) is 0 Å². The van der Waals surface area contributed by atoms with E-state index < -0.39 is 0 Å². The van der Waals surface area contributed by atoms with Crippen molar-refractivity contribution in [2.75, 3.05) is 7.11 Å². The van der Waals surface area contributed by atoms with Gasteiger partial charge in [-0.25, -0.2) is 6.08 Å². The Bertz CT molecular complexity index is 80.6. The van der Waals surface area contributed by atoms with Gasteiger partial charge in [0.2, 0.25) is 0 Å². The molecule has 2 heteroatoms. The van der Waals surface area contributed by atoms with Gasteiger partial charge >= 0.3 is 18.9 Å². The second-order valence-corrected chi connectivity index (χ2v) is 1.68. The topological polar surface area (TPSA) is 9.23 Å². The summed E-state index contributed by atoms with van der Waals surface area (Å²) in [6.07, 6.45) is 7.61. The molecule has 0 spiro atoms. The van der Waals surface area contributed by atoms with Gasteiger partial charge in [-0.1, -0.05) is 6.42 Å². The molecule has 40 valence electrons. The molecule has 0 aromatic rings. The quantitative estimate of drug-likeness (QED) is 0.280. The first-order valence-electron chi connectivity index (χ1n) is 2.53. The van der Waals surface area contributed by atoms with Crippen LogP contribution in [0.1, 0.15) is 12.8 Å². The smallest absolute Gasteiger partial charge is 0.498 e. The van der Waals surface area contributed by atoms with Gasteiger partial charge < -0.3 is 10.8 Å². The third kappa shape index (κ3) is 2.04. The van der Waals surface area contributed by atoms with Crippen molar-refractivity contribution in [1.82, 2.24) is 0 Å². The molecule has 1 aliphatic rings. The third-order valence-corrected chi connectivity index (χ3v) is 1.18. The Morgan fingerprint density at radius 2 is 2.50 bits per heavy atom. The van der Waals surface area contributed by atoms with E-state index in [1.807, 2.05) is 6.08 Å². The van der Waals surface area contributed by atoms with E-state index in [-0.39, 0.29) is 18.9 Å². The number of hydrogen-bond donors (Lipinski definition) is 0. The molecule has 1 unspecified atom stereocenters. The molecule has 0 aliphatic heterocycles. The van der Waals surface area contributed by atoms with Gasteiger partial charge in [-0.2, -0.15) is 6.42 Å². The molecule has 0 heterocycles. The Morgan fingerprint density at radius 3 is 2.75 bits per heavy atom. The number of hydrogen-bond acceptors (Lipinski definition) is 1. The predicted octanol–water partition coefficient (Wildman–Crippen LogP) is -1.84. The van der Waals surface area contributed by atoms with Crippen molar-refractivity contribution in [2.45, 2.75) is 18.9 Å². The summed E-state index contributed by atoms with van der Waals surface area (Å²) in [5.74, 6) is 0. The predicted molar refractivity (Wildman–Crippen MR) is 27.8 cm³/mol. The van der Waals surface area contributed by atoms with Crippen LogP contribution in [0, 0.1) is 6.08 Å². The zero-order chi connectivity index (χ0) is 5.11. The standard InChI is InChI=1S/C6H9O.Li/c1-7-6-4-2-3-5-6;/h5-6H,2,4H2,1H3;/q-1;+1. The van der Waals surface area contributed by atoms with E-state index in [0.29, 0.717) is 6.10 Å². The van der Waals surface area contributed by atoms with E-state index in [1.165, 1.54) is 0 Å². The average Bonchev–Trinajstić information content (AvgIpc) is 2.14.